The number of carboxylic acids is 1. The smallest absolute Gasteiger partial charge is 0.306 e. The number of aliphatic hydroxyl groups is 1. The Balaban J connectivity index is 0.000000518. The van der Waals surface area contributed by atoms with Crippen molar-refractivity contribution >= 4 is 11.8 Å². The molecule has 1 rings (SSSR count). The summed E-state index contributed by atoms with van der Waals surface area (Å²) in [5.74, 6) is 8.86. The summed E-state index contributed by atoms with van der Waals surface area (Å²) < 4.78 is 0. The number of amidine groups is 1. The Morgan fingerprint density at radius 3 is 2.32 bits per heavy atom. The molecule has 0 aliphatic heterocycles. The lowest BCUT2D eigenvalue weighted by molar-refractivity contribution is -0.141. The molecule has 1 aromatic carbocycles. The first-order valence-electron chi connectivity index (χ1n) is 7.13. The number of carboxylic acid groups (broad SMARTS) is 1. The van der Waals surface area contributed by atoms with E-state index < -0.39 is 11.9 Å². The average molecular weight is 310 g/mol. The van der Waals surface area contributed by atoms with Crippen LogP contribution >= 0.6 is 0 Å². The predicted octanol–water partition coefficient (Wildman–Crippen LogP) is 0.970. The molecule has 22 heavy (non-hydrogen) atoms. The molecule has 1 atom stereocenters. The molecule has 124 valence electrons. The maximum atomic E-state index is 10.8. The molecule has 0 saturated heterocycles. The van der Waals surface area contributed by atoms with Crippen LogP contribution in [-0.2, 0) is 4.79 Å². The molecule has 7 nitrogen and oxygen atoms in total. The van der Waals surface area contributed by atoms with Gasteiger partial charge in [-0.2, -0.15) is 5.10 Å². The van der Waals surface area contributed by atoms with Gasteiger partial charge in [-0.3, -0.25) is 4.79 Å². The minimum atomic E-state index is -0.913. The zero-order valence-corrected chi connectivity index (χ0v) is 12.9. The monoisotopic (exact) mass is 310 g/mol. The number of aliphatic carboxylic acids is 1. The van der Waals surface area contributed by atoms with Crippen molar-refractivity contribution in [2.24, 2.45) is 22.7 Å². The summed E-state index contributed by atoms with van der Waals surface area (Å²) in [5.41, 5.74) is 3.56. The summed E-state index contributed by atoms with van der Waals surface area (Å²) >= 11 is 0. The quantitative estimate of drug-likeness (QED) is 0.167. The molecule has 1 aromatic rings. The van der Waals surface area contributed by atoms with Gasteiger partial charge < -0.3 is 21.5 Å². The molecular formula is C15H26N4O3. The summed E-state index contributed by atoms with van der Waals surface area (Å²) in [4.78, 5) is 10.8. The molecule has 0 amide bonds. The number of nitrogens with one attached hydrogen (secondary N) is 1. The number of nitrogens with zero attached hydrogens (tertiary/aromatic N) is 1. The highest BCUT2D eigenvalue weighted by Gasteiger charge is 2.19. The van der Waals surface area contributed by atoms with Gasteiger partial charge in [0.25, 0.3) is 0 Å². The van der Waals surface area contributed by atoms with E-state index in [1.807, 2.05) is 18.2 Å². The molecule has 0 heterocycles. The molecule has 1 unspecified atom stereocenters. The molecule has 0 fully saturated rings. The maximum Gasteiger partial charge on any atom is 0.306 e. The largest absolute Gasteiger partial charge is 0.481 e. The van der Waals surface area contributed by atoms with Crippen LogP contribution in [0.4, 0.5) is 0 Å². The van der Waals surface area contributed by atoms with E-state index in [4.69, 9.17) is 21.9 Å². The third kappa shape index (κ3) is 9.73. The topological polar surface area (TPSA) is 134 Å². The van der Waals surface area contributed by atoms with Gasteiger partial charge in [-0.15, -0.1) is 0 Å². The molecule has 0 saturated carbocycles. The van der Waals surface area contributed by atoms with Crippen LogP contribution in [0.5, 0.6) is 0 Å². The number of aryl methyl sites for hydroxylation is 1. The second kappa shape index (κ2) is 12.6. The summed E-state index contributed by atoms with van der Waals surface area (Å²) in [6.45, 7) is 2.15. The number of benzene rings is 1. The normalized spacial score (nSPS) is 12.0. The SMILES string of the molecule is Cc1ccccc1.N/N=C(/CC(CCCCO)C(=O)O)NN. The van der Waals surface area contributed by atoms with Crippen molar-refractivity contribution in [2.45, 2.75) is 32.6 Å². The molecule has 0 bridgehead atoms. The number of hydrogen-bond donors (Lipinski definition) is 5. The Morgan fingerprint density at radius 2 is 1.95 bits per heavy atom. The summed E-state index contributed by atoms with van der Waals surface area (Å²) in [6, 6.07) is 10.3. The lowest BCUT2D eigenvalue weighted by Crippen LogP contribution is -2.34. The summed E-state index contributed by atoms with van der Waals surface area (Å²) in [5, 5.41) is 20.8. The highest BCUT2D eigenvalue weighted by atomic mass is 16.4. The number of nitrogens with two attached hydrogens (primary N) is 2. The Hall–Kier alpha value is -2.12. The molecule has 0 aliphatic rings. The van der Waals surface area contributed by atoms with Crippen molar-refractivity contribution in [3.05, 3.63) is 35.9 Å². The van der Waals surface area contributed by atoms with Crippen LogP contribution < -0.4 is 17.1 Å². The van der Waals surface area contributed by atoms with Gasteiger partial charge >= 0.3 is 5.97 Å². The van der Waals surface area contributed by atoms with Crippen LogP contribution in [-0.4, -0.2) is 28.6 Å². The number of hydrogen-bond acceptors (Lipinski definition) is 5. The van der Waals surface area contributed by atoms with Gasteiger partial charge in [-0.1, -0.05) is 42.3 Å². The minimum absolute atomic E-state index is 0.0688. The fourth-order valence-corrected chi connectivity index (χ4v) is 1.73. The maximum absolute atomic E-state index is 10.8. The lowest BCUT2D eigenvalue weighted by Gasteiger charge is -2.12. The summed E-state index contributed by atoms with van der Waals surface area (Å²) in [7, 11) is 0. The molecule has 7 N–H and O–H groups in total. The van der Waals surface area contributed by atoms with E-state index in [-0.39, 0.29) is 18.9 Å². The number of carbonyl (C=O) groups is 1. The van der Waals surface area contributed by atoms with E-state index in [0.29, 0.717) is 19.3 Å². The van der Waals surface area contributed by atoms with Crippen molar-refractivity contribution in [2.75, 3.05) is 6.61 Å². The van der Waals surface area contributed by atoms with E-state index >= 15 is 0 Å². The van der Waals surface area contributed by atoms with Gasteiger partial charge in [0.2, 0.25) is 0 Å². The number of hydrazine groups is 1. The number of unbranched alkanes of at least 4 members (excludes halogenated alkanes) is 1. The number of rotatable bonds is 7. The Morgan fingerprint density at radius 1 is 1.32 bits per heavy atom. The zero-order valence-electron chi connectivity index (χ0n) is 12.9. The van der Waals surface area contributed by atoms with Gasteiger partial charge in [-0.25, -0.2) is 5.84 Å². The first-order chi connectivity index (χ1) is 10.5. The Labute approximate surface area is 131 Å². The van der Waals surface area contributed by atoms with Crippen molar-refractivity contribution in [1.29, 1.82) is 0 Å². The minimum Gasteiger partial charge on any atom is -0.481 e. The second-order valence-electron chi connectivity index (χ2n) is 4.83. The molecule has 7 heteroatoms. The van der Waals surface area contributed by atoms with Crippen LogP contribution in [0.25, 0.3) is 0 Å². The standard InChI is InChI=1S/C8H18N4O3.C7H8/c9-11-7(12-10)5-6(8(14)15)3-1-2-4-13;1-7-5-3-2-4-6-7/h6,13H,1-5,9-10H2,(H,11,12)(H,14,15);2-6H,1H3. The highest BCUT2D eigenvalue weighted by molar-refractivity contribution is 5.85. The van der Waals surface area contributed by atoms with Crippen LogP contribution in [0, 0.1) is 12.8 Å². The van der Waals surface area contributed by atoms with Gasteiger partial charge in [0.1, 0.15) is 5.84 Å². The van der Waals surface area contributed by atoms with Gasteiger partial charge in [-0.05, 0) is 19.8 Å². The number of hydrazone groups is 1. The third-order valence-electron chi connectivity index (χ3n) is 3.01. The van der Waals surface area contributed by atoms with E-state index in [1.54, 1.807) is 0 Å². The van der Waals surface area contributed by atoms with Crippen molar-refractivity contribution in [1.82, 2.24) is 5.43 Å². The fourth-order valence-electron chi connectivity index (χ4n) is 1.73. The van der Waals surface area contributed by atoms with Crippen molar-refractivity contribution in [3.8, 4) is 0 Å². The first-order valence-corrected chi connectivity index (χ1v) is 7.13. The second-order valence-corrected chi connectivity index (χ2v) is 4.83. The predicted molar refractivity (Wildman–Crippen MR) is 86.8 cm³/mol. The molecule has 0 aromatic heterocycles. The van der Waals surface area contributed by atoms with Gasteiger partial charge in [0.05, 0.1) is 5.92 Å². The molecule has 0 spiro atoms. The van der Waals surface area contributed by atoms with Gasteiger partial charge in [0.15, 0.2) is 0 Å². The summed E-state index contributed by atoms with van der Waals surface area (Å²) in [6.07, 6.45) is 1.88. The molecule has 0 aliphatic carbocycles. The highest BCUT2D eigenvalue weighted by Crippen LogP contribution is 2.13. The Kier molecular flexibility index (Phi) is 11.4. The average Bonchev–Trinajstić information content (AvgIpc) is 2.52. The zero-order chi connectivity index (χ0) is 16.8. The van der Waals surface area contributed by atoms with Gasteiger partial charge in [0, 0.05) is 13.0 Å². The molecule has 0 radical (unpaired) electrons. The van der Waals surface area contributed by atoms with E-state index in [0.717, 1.165) is 0 Å². The van der Waals surface area contributed by atoms with Crippen LogP contribution in [0.2, 0.25) is 0 Å². The van der Waals surface area contributed by atoms with E-state index in [1.165, 1.54) is 5.56 Å². The fraction of sp³-hybridized carbons (Fsp3) is 0.467. The van der Waals surface area contributed by atoms with Crippen molar-refractivity contribution < 1.29 is 15.0 Å². The van der Waals surface area contributed by atoms with Crippen LogP contribution in [0.1, 0.15) is 31.2 Å². The van der Waals surface area contributed by atoms with Crippen LogP contribution in [0.15, 0.2) is 35.4 Å². The van der Waals surface area contributed by atoms with Crippen molar-refractivity contribution in [3.63, 3.8) is 0 Å². The van der Waals surface area contributed by atoms with E-state index in [2.05, 4.69) is 29.6 Å². The Bertz CT molecular complexity index is 438. The molecular weight excluding hydrogens is 284 g/mol. The third-order valence-corrected chi connectivity index (χ3v) is 3.01. The first kappa shape index (κ1) is 19.9. The lowest BCUT2D eigenvalue weighted by atomic mass is 9.98. The van der Waals surface area contributed by atoms with Crippen LogP contribution in [0.3, 0.4) is 0 Å². The number of aliphatic hydroxyl groups excluding tert-OH is 1. The van der Waals surface area contributed by atoms with E-state index in [9.17, 15) is 4.79 Å².